The lowest BCUT2D eigenvalue weighted by molar-refractivity contribution is -0.119. The number of carbonyl (C=O) groups is 2. The van der Waals surface area contributed by atoms with E-state index in [-0.39, 0.29) is 36.3 Å². The Morgan fingerprint density at radius 1 is 1.45 bits per heavy atom. The third-order valence-electron chi connectivity index (χ3n) is 2.76. The maximum Gasteiger partial charge on any atom is 0.216 e. The first-order valence-corrected chi connectivity index (χ1v) is 5.95. The van der Waals surface area contributed by atoms with Gasteiger partial charge in [0.1, 0.15) is 6.10 Å². The molecule has 0 saturated heterocycles. The van der Waals surface area contributed by atoms with Gasteiger partial charge in [-0.2, -0.15) is 0 Å². The van der Waals surface area contributed by atoms with Gasteiger partial charge in [0.25, 0.3) is 0 Å². The number of aromatic hydroxyl groups is 1. The smallest absolute Gasteiger partial charge is 0.216 e. The van der Waals surface area contributed by atoms with E-state index in [2.05, 4.69) is 5.32 Å². The molecule has 1 aromatic carbocycles. The third-order valence-corrected chi connectivity index (χ3v) is 2.76. The number of hydrogen-bond acceptors (Lipinski definition) is 5. The zero-order chi connectivity index (χ0) is 15.3. The lowest BCUT2D eigenvalue weighted by Crippen LogP contribution is -2.27. The second-order valence-electron chi connectivity index (χ2n) is 4.34. The SMILES string of the molecule is CC(=O)NCCC(O)C(O)c1cc(F)c(O)c(C=O)c1. The van der Waals surface area contributed by atoms with Crippen LogP contribution >= 0.6 is 0 Å². The zero-order valence-electron chi connectivity index (χ0n) is 10.8. The van der Waals surface area contributed by atoms with Gasteiger partial charge in [0.05, 0.1) is 11.7 Å². The van der Waals surface area contributed by atoms with Crippen LogP contribution in [-0.4, -0.2) is 40.2 Å². The molecule has 1 rings (SSSR count). The minimum absolute atomic E-state index is 0.0299. The van der Waals surface area contributed by atoms with Crippen LogP contribution in [0.4, 0.5) is 4.39 Å². The molecule has 1 amide bonds. The summed E-state index contributed by atoms with van der Waals surface area (Å²) < 4.78 is 13.3. The monoisotopic (exact) mass is 285 g/mol. The van der Waals surface area contributed by atoms with Gasteiger partial charge in [0.15, 0.2) is 17.9 Å². The maximum absolute atomic E-state index is 13.3. The maximum atomic E-state index is 13.3. The first kappa shape index (κ1) is 16.1. The molecule has 0 aliphatic carbocycles. The average molecular weight is 285 g/mol. The molecule has 2 unspecified atom stereocenters. The van der Waals surface area contributed by atoms with Crippen molar-refractivity contribution in [2.24, 2.45) is 0 Å². The highest BCUT2D eigenvalue weighted by Crippen LogP contribution is 2.27. The zero-order valence-corrected chi connectivity index (χ0v) is 10.8. The number of aldehydes is 1. The first-order valence-electron chi connectivity index (χ1n) is 5.95. The van der Waals surface area contributed by atoms with Crippen LogP contribution in [0.2, 0.25) is 0 Å². The number of halogens is 1. The molecule has 0 aromatic heterocycles. The van der Waals surface area contributed by atoms with Gasteiger partial charge in [-0.05, 0) is 24.1 Å². The Hall–Kier alpha value is -1.99. The van der Waals surface area contributed by atoms with E-state index in [4.69, 9.17) is 0 Å². The van der Waals surface area contributed by atoms with Crippen LogP contribution in [0.25, 0.3) is 0 Å². The van der Waals surface area contributed by atoms with Crippen molar-refractivity contribution in [1.29, 1.82) is 0 Å². The predicted molar refractivity (Wildman–Crippen MR) is 67.7 cm³/mol. The highest BCUT2D eigenvalue weighted by molar-refractivity contribution is 5.79. The van der Waals surface area contributed by atoms with E-state index in [0.717, 1.165) is 12.1 Å². The molecule has 0 saturated carbocycles. The molecular weight excluding hydrogens is 269 g/mol. The van der Waals surface area contributed by atoms with Gasteiger partial charge in [-0.15, -0.1) is 0 Å². The lowest BCUT2D eigenvalue weighted by Gasteiger charge is -2.19. The van der Waals surface area contributed by atoms with Gasteiger partial charge in [-0.1, -0.05) is 0 Å². The molecule has 0 aliphatic rings. The largest absolute Gasteiger partial charge is 0.504 e. The number of hydrogen-bond donors (Lipinski definition) is 4. The summed E-state index contributed by atoms with van der Waals surface area (Å²) in [4.78, 5) is 21.3. The summed E-state index contributed by atoms with van der Waals surface area (Å²) >= 11 is 0. The molecule has 2 atom stereocenters. The Labute approximate surface area is 114 Å². The van der Waals surface area contributed by atoms with Crippen LogP contribution in [0.15, 0.2) is 12.1 Å². The summed E-state index contributed by atoms with van der Waals surface area (Å²) in [7, 11) is 0. The minimum atomic E-state index is -1.43. The van der Waals surface area contributed by atoms with Crippen molar-refractivity contribution in [3.05, 3.63) is 29.1 Å². The number of aliphatic hydroxyl groups excluding tert-OH is 2. The summed E-state index contributed by atoms with van der Waals surface area (Å²) in [6, 6.07) is 1.94. The highest BCUT2D eigenvalue weighted by Gasteiger charge is 2.21. The van der Waals surface area contributed by atoms with Crippen LogP contribution in [0.1, 0.15) is 35.4 Å². The standard InChI is InChI=1S/C13H16FNO5/c1-7(17)15-3-2-11(18)13(20)8-4-9(6-16)12(19)10(14)5-8/h4-6,11,13,18-20H,2-3H2,1H3,(H,15,17). The molecule has 0 spiro atoms. The Morgan fingerprint density at radius 2 is 2.10 bits per heavy atom. The fourth-order valence-electron chi connectivity index (χ4n) is 1.68. The minimum Gasteiger partial charge on any atom is -0.504 e. The number of phenols is 1. The number of phenolic OH excluding ortho intramolecular Hbond substituents is 1. The van der Waals surface area contributed by atoms with Crippen molar-refractivity contribution >= 4 is 12.2 Å². The van der Waals surface area contributed by atoms with Crippen molar-refractivity contribution in [2.45, 2.75) is 25.6 Å². The molecular formula is C13H16FNO5. The van der Waals surface area contributed by atoms with Gasteiger partial charge in [-0.3, -0.25) is 9.59 Å². The van der Waals surface area contributed by atoms with Crippen molar-refractivity contribution in [1.82, 2.24) is 5.32 Å². The van der Waals surface area contributed by atoms with Gasteiger partial charge in [0.2, 0.25) is 5.91 Å². The topological polar surface area (TPSA) is 107 Å². The lowest BCUT2D eigenvalue weighted by atomic mass is 9.99. The van der Waals surface area contributed by atoms with Crippen LogP contribution < -0.4 is 5.32 Å². The summed E-state index contributed by atoms with van der Waals surface area (Å²) in [6.45, 7) is 1.46. The number of amides is 1. The molecule has 4 N–H and O–H groups in total. The fraction of sp³-hybridized carbons (Fsp3) is 0.385. The van der Waals surface area contributed by atoms with E-state index >= 15 is 0 Å². The summed E-state index contributed by atoms with van der Waals surface area (Å²) in [5.41, 5.74) is -0.342. The number of carbonyl (C=O) groups excluding carboxylic acids is 2. The Kier molecular flexibility index (Phi) is 5.60. The molecule has 0 fully saturated rings. The van der Waals surface area contributed by atoms with E-state index < -0.39 is 23.8 Å². The molecule has 110 valence electrons. The van der Waals surface area contributed by atoms with Gasteiger partial charge in [0, 0.05) is 13.5 Å². The molecule has 0 aliphatic heterocycles. The van der Waals surface area contributed by atoms with Crippen LogP contribution in [-0.2, 0) is 4.79 Å². The molecule has 0 heterocycles. The molecule has 7 heteroatoms. The molecule has 0 radical (unpaired) electrons. The van der Waals surface area contributed by atoms with E-state index in [1.54, 1.807) is 0 Å². The van der Waals surface area contributed by atoms with E-state index in [0.29, 0.717) is 0 Å². The normalized spacial score (nSPS) is 13.6. The average Bonchev–Trinajstić information content (AvgIpc) is 2.40. The van der Waals surface area contributed by atoms with Crippen LogP contribution in [0.5, 0.6) is 5.75 Å². The summed E-state index contributed by atoms with van der Waals surface area (Å²) in [6.07, 6.45) is -2.37. The van der Waals surface area contributed by atoms with Gasteiger partial charge in [-0.25, -0.2) is 4.39 Å². The Morgan fingerprint density at radius 3 is 2.65 bits per heavy atom. The van der Waals surface area contributed by atoms with Gasteiger partial charge < -0.3 is 20.6 Å². The van der Waals surface area contributed by atoms with Crippen molar-refractivity contribution in [2.75, 3.05) is 6.54 Å². The Balaban J connectivity index is 2.80. The number of aliphatic hydroxyl groups is 2. The number of rotatable bonds is 6. The first-order chi connectivity index (χ1) is 9.36. The third kappa shape index (κ3) is 4.01. The van der Waals surface area contributed by atoms with Gasteiger partial charge >= 0.3 is 0 Å². The highest BCUT2D eigenvalue weighted by atomic mass is 19.1. The summed E-state index contributed by atoms with van der Waals surface area (Å²) in [5.74, 6) is -2.13. The van der Waals surface area contributed by atoms with Crippen LogP contribution in [0.3, 0.4) is 0 Å². The number of nitrogens with one attached hydrogen (secondary N) is 1. The quantitative estimate of drug-likeness (QED) is 0.561. The van der Waals surface area contributed by atoms with Crippen molar-refractivity contribution in [3.63, 3.8) is 0 Å². The van der Waals surface area contributed by atoms with Crippen molar-refractivity contribution < 1.29 is 29.3 Å². The predicted octanol–water partition coefficient (Wildman–Crippen LogP) is 0.264. The van der Waals surface area contributed by atoms with E-state index in [1.807, 2.05) is 0 Å². The van der Waals surface area contributed by atoms with Crippen LogP contribution in [0, 0.1) is 5.82 Å². The second-order valence-corrected chi connectivity index (χ2v) is 4.34. The summed E-state index contributed by atoms with van der Waals surface area (Å²) in [5, 5.41) is 31.3. The second kappa shape index (κ2) is 6.97. The molecule has 1 aromatic rings. The fourth-order valence-corrected chi connectivity index (χ4v) is 1.68. The van der Waals surface area contributed by atoms with Crippen molar-refractivity contribution in [3.8, 4) is 5.75 Å². The molecule has 6 nitrogen and oxygen atoms in total. The molecule has 20 heavy (non-hydrogen) atoms. The van der Waals surface area contributed by atoms with E-state index in [1.165, 1.54) is 6.92 Å². The molecule has 0 bridgehead atoms. The Bertz CT molecular complexity index is 506. The number of benzene rings is 1. The van der Waals surface area contributed by atoms with E-state index in [9.17, 15) is 29.3 Å².